The zero-order chi connectivity index (χ0) is 19.7. The van der Waals surface area contributed by atoms with Crippen molar-refractivity contribution < 1.29 is 24.2 Å². The van der Waals surface area contributed by atoms with Crippen LogP contribution in [0.3, 0.4) is 0 Å². The number of alkyl halides is 1. The maximum atomic E-state index is 12.1. The molecule has 11 nitrogen and oxygen atoms in total. The number of hydrogen-bond donors (Lipinski definition) is 2. The first kappa shape index (κ1) is 21.4. The number of non-ortho nitro benzene ring substituents is 1. The second kappa shape index (κ2) is 10.4. The van der Waals surface area contributed by atoms with Crippen molar-refractivity contribution in [3.63, 3.8) is 0 Å². The van der Waals surface area contributed by atoms with Gasteiger partial charge in [0.2, 0.25) is 0 Å². The predicted molar refractivity (Wildman–Crippen MR) is 95.0 cm³/mol. The van der Waals surface area contributed by atoms with Crippen molar-refractivity contribution in [1.29, 1.82) is 0 Å². The normalized spacial score (nSPS) is 11.5. The third-order valence-electron chi connectivity index (χ3n) is 3.27. The van der Waals surface area contributed by atoms with Gasteiger partial charge in [-0.2, -0.15) is 0 Å². The first-order chi connectivity index (χ1) is 12.3. The van der Waals surface area contributed by atoms with Crippen molar-refractivity contribution >= 4 is 44.9 Å². The highest BCUT2D eigenvalue weighted by atomic mass is 79.9. The summed E-state index contributed by atoms with van der Waals surface area (Å²) in [6.45, 7) is 0.389. The molecule has 0 radical (unpaired) electrons. The number of ether oxygens (including phenoxy) is 1. The Balaban J connectivity index is 3.08. The van der Waals surface area contributed by atoms with E-state index in [1.807, 2.05) is 0 Å². The second-order valence-electron chi connectivity index (χ2n) is 5.12. The van der Waals surface area contributed by atoms with Gasteiger partial charge in [0, 0.05) is 6.07 Å². The molecular weight excluding hydrogens is 416 g/mol. The maximum absolute atomic E-state index is 12.1. The number of nitro benzene ring substituents is 2. The van der Waals surface area contributed by atoms with Gasteiger partial charge in [-0.1, -0.05) is 15.9 Å². The predicted octanol–water partition coefficient (Wildman–Crippen LogP) is 1.88. The molecule has 1 rings (SSSR count). The summed E-state index contributed by atoms with van der Waals surface area (Å²) < 4.78 is 4.63. The topological polar surface area (TPSA) is 168 Å². The van der Waals surface area contributed by atoms with E-state index in [2.05, 4.69) is 26.0 Å². The summed E-state index contributed by atoms with van der Waals surface area (Å²) in [4.78, 5) is 43.8. The minimum atomic E-state index is -1.05. The van der Waals surface area contributed by atoms with Crippen LogP contribution in [0.1, 0.15) is 19.3 Å². The smallest absolute Gasteiger partial charge is 0.336 e. The van der Waals surface area contributed by atoms with Gasteiger partial charge >= 0.3 is 11.9 Å². The lowest BCUT2D eigenvalue weighted by Gasteiger charge is -2.17. The minimum absolute atomic E-state index is 0.0958. The van der Waals surface area contributed by atoms with Gasteiger partial charge in [-0.3, -0.25) is 25.0 Å². The Kier molecular flexibility index (Phi) is 8.58. The lowest BCUT2D eigenvalue weighted by atomic mass is 10.1. The van der Waals surface area contributed by atoms with Crippen LogP contribution in [-0.4, -0.2) is 39.7 Å². The van der Waals surface area contributed by atoms with Crippen molar-refractivity contribution in [2.45, 2.75) is 25.3 Å². The third kappa shape index (κ3) is 6.37. The second-order valence-corrected chi connectivity index (χ2v) is 5.68. The number of nitrogens with zero attached hydrogens (tertiary/aromatic N) is 2. The third-order valence-corrected chi connectivity index (χ3v) is 3.73. The molecule has 3 N–H and O–H groups in total. The van der Waals surface area contributed by atoms with Crippen LogP contribution in [0.4, 0.5) is 17.1 Å². The molecular formula is C14H17BrN4O7. The Hall–Kier alpha value is -2.60. The molecule has 1 aromatic carbocycles. The number of nitrogens with one attached hydrogen (secondary N) is 1. The van der Waals surface area contributed by atoms with E-state index in [4.69, 9.17) is 5.73 Å². The molecule has 0 aliphatic rings. The summed E-state index contributed by atoms with van der Waals surface area (Å²) in [5.74, 6) is -1.71. The number of nitrogens with two attached hydrogens (primary N) is 1. The van der Waals surface area contributed by atoms with E-state index in [0.29, 0.717) is 19.4 Å². The molecule has 0 aliphatic heterocycles. The monoisotopic (exact) mass is 432 g/mol. The Morgan fingerprint density at radius 2 is 1.92 bits per heavy atom. The molecule has 1 atom stereocenters. The van der Waals surface area contributed by atoms with E-state index >= 15 is 0 Å². The van der Waals surface area contributed by atoms with E-state index in [1.54, 1.807) is 0 Å². The molecule has 0 spiro atoms. The van der Waals surface area contributed by atoms with Crippen LogP contribution in [0.2, 0.25) is 0 Å². The summed E-state index contributed by atoms with van der Waals surface area (Å²) in [6, 6.07) is 1.94. The summed E-state index contributed by atoms with van der Waals surface area (Å²) in [5, 5.41) is 24.4. The van der Waals surface area contributed by atoms with Crippen LogP contribution in [0.15, 0.2) is 18.2 Å². The number of carbonyl (C=O) groups excluding carboxylic acids is 2. The molecule has 0 aromatic heterocycles. The van der Waals surface area contributed by atoms with Crippen LogP contribution < -0.4 is 11.1 Å². The van der Waals surface area contributed by atoms with Gasteiger partial charge in [0.05, 0.1) is 15.9 Å². The van der Waals surface area contributed by atoms with E-state index in [1.165, 1.54) is 0 Å². The van der Waals surface area contributed by atoms with Crippen LogP contribution >= 0.6 is 15.9 Å². The molecule has 0 aliphatic carbocycles. The van der Waals surface area contributed by atoms with Crippen LogP contribution in [-0.2, 0) is 14.3 Å². The quantitative estimate of drug-likeness (QED) is 0.140. The van der Waals surface area contributed by atoms with E-state index in [-0.39, 0.29) is 17.4 Å². The highest BCUT2D eigenvalue weighted by molar-refractivity contribution is 9.09. The van der Waals surface area contributed by atoms with Gasteiger partial charge in [-0.25, -0.2) is 4.79 Å². The lowest BCUT2D eigenvalue weighted by molar-refractivity contribution is -0.393. The van der Waals surface area contributed by atoms with E-state index in [9.17, 15) is 29.8 Å². The SMILES string of the molecule is NCCCC[C@H](Nc1ccc([N+](=O)[O-])cc1[N+](=O)[O-])C(=O)OC(=O)CBr. The van der Waals surface area contributed by atoms with E-state index < -0.39 is 39.2 Å². The molecule has 0 bridgehead atoms. The molecule has 26 heavy (non-hydrogen) atoms. The first-order valence-electron chi connectivity index (χ1n) is 7.50. The van der Waals surface area contributed by atoms with Crippen LogP contribution in [0.5, 0.6) is 0 Å². The van der Waals surface area contributed by atoms with Gasteiger partial charge in [0.15, 0.2) is 0 Å². The summed E-state index contributed by atoms with van der Waals surface area (Å²) in [6.07, 6.45) is 1.31. The van der Waals surface area contributed by atoms with Crippen LogP contribution in [0.25, 0.3) is 0 Å². The largest absolute Gasteiger partial charge is 0.391 e. The van der Waals surface area contributed by atoms with Crippen molar-refractivity contribution in [2.75, 3.05) is 17.2 Å². The zero-order valence-electron chi connectivity index (χ0n) is 13.6. The maximum Gasteiger partial charge on any atom is 0.336 e. The number of nitro groups is 2. The van der Waals surface area contributed by atoms with E-state index in [0.717, 1.165) is 18.2 Å². The number of unbranched alkanes of at least 4 members (excludes halogenated alkanes) is 1. The Bertz CT molecular complexity index is 698. The number of carbonyl (C=O) groups is 2. The fraction of sp³-hybridized carbons (Fsp3) is 0.429. The molecule has 0 heterocycles. The fourth-order valence-electron chi connectivity index (χ4n) is 2.05. The van der Waals surface area contributed by atoms with Gasteiger partial charge in [-0.15, -0.1) is 0 Å². The van der Waals surface area contributed by atoms with Crippen molar-refractivity contribution in [1.82, 2.24) is 0 Å². The average Bonchev–Trinajstić information content (AvgIpc) is 2.60. The zero-order valence-corrected chi connectivity index (χ0v) is 15.1. The standard InChI is InChI=1S/C14H17BrN4O7/c15-8-13(20)26-14(21)11(3-1-2-6-16)17-10-5-4-9(18(22)23)7-12(10)19(24)25/h4-5,7,11,17H,1-3,6,8,16H2/t11-/m0/s1. The van der Waals surface area contributed by atoms with Crippen molar-refractivity contribution in [2.24, 2.45) is 5.73 Å². The molecule has 0 saturated heterocycles. The van der Waals surface area contributed by atoms with Gasteiger partial charge < -0.3 is 15.8 Å². The summed E-state index contributed by atoms with van der Waals surface area (Å²) in [7, 11) is 0. The minimum Gasteiger partial charge on any atom is -0.391 e. The number of anilines is 1. The molecule has 0 fully saturated rings. The summed E-state index contributed by atoms with van der Waals surface area (Å²) in [5.41, 5.74) is 4.28. The highest BCUT2D eigenvalue weighted by Gasteiger charge is 2.26. The van der Waals surface area contributed by atoms with Gasteiger partial charge in [0.1, 0.15) is 17.1 Å². The molecule has 0 unspecified atom stereocenters. The van der Waals surface area contributed by atoms with Gasteiger partial charge in [0.25, 0.3) is 11.4 Å². The molecule has 12 heteroatoms. The van der Waals surface area contributed by atoms with Gasteiger partial charge in [-0.05, 0) is 31.9 Å². The Morgan fingerprint density at radius 3 is 2.46 bits per heavy atom. The molecule has 0 saturated carbocycles. The summed E-state index contributed by atoms with van der Waals surface area (Å²) >= 11 is 2.86. The highest BCUT2D eigenvalue weighted by Crippen LogP contribution is 2.30. The Labute approximate surface area is 156 Å². The Morgan fingerprint density at radius 1 is 1.23 bits per heavy atom. The molecule has 1 aromatic rings. The molecule has 142 valence electrons. The number of hydrogen-bond acceptors (Lipinski definition) is 9. The van der Waals surface area contributed by atoms with Crippen molar-refractivity contribution in [3.8, 4) is 0 Å². The van der Waals surface area contributed by atoms with Crippen LogP contribution in [0, 0.1) is 20.2 Å². The van der Waals surface area contributed by atoms with Crippen molar-refractivity contribution in [3.05, 3.63) is 38.4 Å². The lowest BCUT2D eigenvalue weighted by Crippen LogP contribution is -2.33. The average molecular weight is 433 g/mol. The number of halogens is 1. The number of benzene rings is 1. The number of esters is 2. The molecule has 0 amide bonds. The first-order valence-corrected chi connectivity index (χ1v) is 8.62. The number of rotatable bonds is 10. The fourth-order valence-corrected chi connectivity index (χ4v) is 2.16.